The van der Waals surface area contributed by atoms with Crippen LogP contribution in [0.25, 0.3) is 20.4 Å². The fraction of sp³-hybridized carbons (Fsp3) is 0. The zero-order valence-corrected chi connectivity index (χ0v) is 8.45. The van der Waals surface area contributed by atoms with E-state index in [0.717, 1.165) is 20.4 Å². The molecule has 0 unspecified atom stereocenters. The van der Waals surface area contributed by atoms with Crippen molar-refractivity contribution in [1.82, 2.24) is 15.0 Å². The average molecular weight is 217 g/mol. The molecule has 0 radical (unpaired) electrons. The van der Waals surface area contributed by atoms with Gasteiger partial charge in [-0.15, -0.1) is 11.3 Å². The van der Waals surface area contributed by atoms with E-state index in [9.17, 15) is 0 Å². The second-order valence-corrected chi connectivity index (χ2v) is 4.13. The van der Waals surface area contributed by atoms with Crippen molar-refractivity contribution in [3.8, 4) is 0 Å². The Bertz CT molecular complexity index is 660. The summed E-state index contributed by atoms with van der Waals surface area (Å²) in [4.78, 5) is 13.2. The summed E-state index contributed by atoms with van der Waals surface area (Å²) in [6.07, 6.45) is 1.46. The number of pyridine rings is 1. The lowest BCUT2D eigenvalue weighted by atomic mass is 10.3. The highest BCUT2D eigenvalue weighted by Crippen LogP contribution is 2.33. The first-order valence-electron chi connectivity index (χ1n) is 4.31. The topological polar surface area (TPSA) is 90.7 Å². The van der Waals surface area contributed by atoms with Crippen LogP contribution < -0.4 is 11.5 Å². The van der Waals surface area contributed by atoms with Gasteiger partial charge in [0.15, 0.2) is 0 Å². The van der Waals surface area contributed by atoms with Gasteiger partial charge in [0.05, 0.1) is 10.2 Å². The van der Waals surface area contributed by atoms with Crippen LogP contribution in [0.4, 0.5) is 11.6 Å². The van der Waals surface area contributed by atoms with Crippen molar-refractivity contribution in [3.05, 3.63) is 18.5 Å². The molecule has 0 aromatic carbocycles. The lowest BCUT2D eigenvalue weighted by Gasteiger charge is -1.92. The summed E-state index contributed by atoms with van der Waals surface area (Å²) < 4.78 is 0.866. The van der Waals surface area contributed by atoms with Gasteiger partial charge in [0.25, 0.3) is 0 Å². The predicted octanol–water partition coefficient (Wildman–Crippen LogP) is 1.40. The number of nitrogen functional groups attached to an aromatic ring is 2. The van der Waals surface area contributed by atoms with Gasteiger partial charge in [-0.2, -0.15) is 0 Å². The molecule has 0 bridgehead atoms. The van der Waals surface area contributed by atoms with Crippen LogP contribution in [0, 0.1) is 0 Å². The molecule has 0 aliphatic carbocycles. The lowest BCUT2D eigenvalue weighted by molar-refractivity contribution is 1.24. The Kier molecular flexibility index (Phi) is 1.54. The number of nitrogens with zero attached hydrogens (tertiary/aromatic N) is 3. The molecular formula is C9H7N5S. The third kappa shape index (κ3) is 1.11. The van der Waals surface area contributed by atoms with E-state index >= 15 is 0 Å². The van der Waals surface area contributed by atoms with Gasteiger partial charge in [0.1, 0.15) is 22.8 Å². The van der Waals surface area contributed by atoms with Crippen molar-refractivity contribution >= 4 is 43.4 Å². The first kappa shape index (κ1) is 8.37. The Morgan fingerprint density at radius 1 is 1.13 bits per heavy atom. The molecule has 5 nitrogen and oxygen atoms in total. The standard InChI is InChI=1S/C9H7N5S/c10-5-2-1-4-6-7(15-9(4)14-5)8(11)13-3-12-6/h1-3H,(H2,10,14)(H2,11,12,13). The molecule has 3 heterocycles. The molecule has 0 aliphatic rings. The van der Waals surface area contributed by atoms with Crippen molar-refractivity contribution in [2.45, 2.75) is 0 Å². The molecule has 74 valence electrons. The van der Waals surface area contributed by atoms with E-state index in [1.807, 2.05) is 6.07 Å². The summed E-state index contributed by atoms with van der Waals surface area (Å²) >= 11 is 1.46. The van der Waals surface area contributed by atoms with Gasteiger partial charge in [-0.1, -0.05) is 0 Å². The van der Waals surface area contributed by atoms with Crippen molar-refractivity contribution in [3.63, 3.8) is 0 Å². The van der Waals surface area contributed by atoms with Gasteiger partial charge in [0.2, 0.25) is 0 Å². The van der Waals surface area contributed by atoms with Crippen LogP contribution in [0.15, 0.2) is 18.5 Å². The summed E-state index contributed by atoms with van der Waals surface area (Å²) in [5, 5.41) is 0.971. The highest BCUT2D eigenvalue weighted by atomic mass is 32.1. The molecule has 4 N–H and O–H groups in total. The Labute approximate surface area is 88.8 Å². The maximum Gasteiger partial charge on any atom is 0.144 e. The third-order valence-electron chi connectivity index (χ3n) is 2.17. The minimum atomic E-state index is 0.488. The Morgan fingerprint density at radius 2 is 2.00 bits per heavy atom. The van der Waals surface area contributed by atoms with Crippen LogP contribution in [0.3, 0.4) is 0 Å². The van der Waals surface area contributed by atoms with Gasteiger partial charge in [-0.3, -0.25) is 0 Å². The maximum atomic E-state index is 5.76. The van der Waals surface area contributed by atoms with Crippen LogP contribution in [-0.4, -0.2) is 15.0 Å². The number of fused-ring (bicyclic) bond motifs is 3. The minimum absolute atomic E-state index is 0.488. The van der Waals surface area contributed by atoms with Gasteiger partial charge in [-0.25, -0.2) is 15.0 Å². The summed E-state index contributed by atoms with van der Waals surface area (Å²) in [7, 11) is 0. The van der Waals surface area contributed by atoms with E-state index in [1.54, 1.807) is 6.07 Å². The number of anilines is 2. The van der Waals surface area contributed by atoms with Crippen LogP contribution >= 0.6 is 11.3 Å². The van der Waals surface area contributed by atoms with Crippen molar-refractivity contribution in [1.29, 1.82) is 0 Å². The number of rotatable bonds is 0. The van der Waals surface area contributed by atoms with E-state index in [4.69, 9.17) is 11.5 Å². The average Bonchev–Trinajstić information content (AvgIpc) is 2.57. The van der Waals surface area contributed by atoms with E-state index < -0.39 is 0 Å². The van der Waals surface area contributed by atoms with Crippen molar-refractivity contribution in [2.75, 3.05) is 11.5 Å². The Morgan fingerprint density at radius 3 is 2.87 bits per heavy atom. The third-order valence-corrected chi connectivity index (χ3v) is 3.28. The largest absolute Gasteiger partial charge is 0.384 e. The molecular weight excluding hydrogens is 210 g/mol. The predicted molar refractivity (Wildman–Crippen MR) is 61.5 cm³/mol. The molecule has 0 atom stereocenters. The van der Waals surface area contributed by atoms with Crippen LogP contribution in [0.2, 0.25) is 0 Å². The van der Waals surface area contributed by atoms with E-state index in [1.165, 1.54) is 17.7 Å². The first-order valence-corrected chi connectivity index (χ1v) is 5.12. The highest BCUT2D eigenvalue weighted by molar-refractivity contribution is 7.25. The zero-order valence-electron chi connectivity index (χ0n) is 7.64. The smallest absolute Gasteiger partial charge is 0.144 e. The van der Waals surface area contributed by atoms with Crippen LogP contribution in [-0.2, 0) is 0 Å². The molecule has 6 heteroatoms. The Hall–Kier alpha value is -1.95. The highest BCUT2D eigenvalue weighted by Gasteiger charge is 2.09. The molecule has 15 heavy (non-hydrogen) atoms. The molecule has 3 aromatic heterocycles. The van der Waals surface area contributed by atoms with Gasteiger partial charge in [0, 0.05) is 5.39 Å². The molecule has 0 saturated carbocycles. The van der Waals surface area contributed by atoms with Crippen LogP contribution in [0.1, 0.15) is 0 Å². The number of nitrogens with two attached hydrogens (primary N) is 2. The molecule has 0 saturated heterocycles. The molecule has 0 aliphatic heterocycles. The number of aromatic nitrogens is 3. The van der Waals surface area contributed by atoms with Gasteiger partial charge in [-0.05, 0) is 12.1 Å². The molecule has 0 amide bonds. The molecule has 0 fully saturated rings. The summed E-state index contributed by atoms with van der Waals surface area (Å²) in [5.74, 6) is 0.988. The molecule has 3 rings (SSSR count). The van der Waals surface area contributed by atoms with E-state index in [-0.39, 0.29) is 0 Å². The summed E-state index contributed by atoms with van der Waals surface area (Å²) in [6.45, 7) is 0. The second kappa shape index (κ2) is 2.77. The van der Waals surface area contributed by atoms with Crippen molar-refractivity contribution in [2.24, 2.45) is 0 Å². The second-order valence-electron chi connectivity index (χ2n) is 3.13. The van der Waals surface area contributed by atoms with E-state index in [2.05, 4.69) is 15.0 Å². The van der Waals surface area contributed by atoms with Crippen molar-refractivity contribution < 1.29 is 0 Å². The molecule has 3 aromatic rings. The Balaban J connectivity index is 2.57. The lowest BCUT2D eigenvalue weighted by Crippen LogP contribution is -1.90. The summed E-state index contributed by atoms with van der Waals surface area (Å²) in [5.41, 5.74) is 12.2. The summed E-state index contributed by atoms with van der Waals surface area (Å²) in [6, 6.07) is 3.66. The monoisotopic (exact) mass is 217 g/mol. The van der Waals surface area contributed by atoms with Gasteiger partial charge >= 0.3 is 0 Å². The number of thiophene rings is 1. The first-order chi connectivity index (χ1) is 7.25. The van der Waals surface area contributed by atoms with Gasteiger partial charge < -0.3 is 11.5 Å². The number of hydrogen-bond donors (Lipinski definition) is 2. The maximum absolute atomic E-state index is 5.76. The van der Waals surface area contributed by atoms with Crippen LogP contribution in [0.5, 0.6) is 0 Å². The SMILES string of the molecule is Nc1ccc2c(n1)sc1c(N)ncnc12. The zero-order chi connectivity index (χ0) is 10.4. The number of hydrogen-bond acceptors (Lipinski definition) is 6. The molecule has 0 spiro atoms. The normalized spacial score (nSPS) is 11.2. The fourth-order valence-corrected chi connectivity index (χ4v) is 2.52. The minimum Gasteiger partial charge on any atom is -0.384 e. The quantitative estimate of drug-likeness (QED) is 0.594. The van der Waals surface area contributed by atoms with E-state index in [0.29, 0.717) is 11.6 Å². The fourth-order valence-electron chi connectivity index (χ4n) is 1.49.